The fraction of sp³-hybridized carbons (Fsp3) is 0.182. The van der Waals surface area contributed by atoms with Crippen molar-refractivity contribution >= 4 is 33.6 Å². The minimum absolute atomic E-state index is 0.0571. The molecule has 0 saturated carbocycles. The van der Waals surface area contributed by atoms with Crippen LogP contribution < -0.4 is 0 Å². The number of fused-ring (bicyclic) bond motifs is 2. The molecule has 2 heterocycles. The van der Waals surface area contributed by atoms with Gasteiger partial charge in [0.15, 0.2) is 6.10 Å². The minimum atomic E-state index is -0.963. The summed E-state index contributed by atoms with van der Waals surface area (Å²) in [6.45, 7) is 1.76. The summed E-state index contributed by atoms with van der Waals surface area (Å²) in [5.74, 6) is -0.916. The lowest BCUT2D eigenvalue weighted by Gasteiger charge is -2.11. The number of ether oxygens (including phenoxy) is 2. The Morgan fingerprint density at radius 2 is 1.79 bits per heavy atom. The Balaban J connectivity index is 1.60. The van der Waals surface area contributed by atoms with E-state index in [1.807, 2.05) is 42.5 Å². The number of nitrogens with one attached hydrogen (secondary N) is 1. The highest BCUT2D eigenvalue weighted by atomic mass is 16.6. The number of ketones is 1. The zero-order chi connectivity index (χ0) is 19.7. The first-order chi connectivity index (χ1) is 13.6. The summed E-state index contributed by atoms with van der Waals surface area (Å²) in [5, 5.41) is 1.58. The van der Waals surface area contributed by atoms with Crippen molar-refractivity contribution in [2.24, 2.45) is 0 Å². The first-order valence-electron chi connectivity index (χ1n) is 8.90. The van der Waals surface area contributed by atoms with Crippen molar-refractivity contribution in [3.8, 4) is 0 Å². The van der Waals surface area contributed by atoms with E-state index in [1.165, 1.54) is 0 Å². The normalized spacial score (nSPS) is 12.4. The number of aromatic nitrogens is 1. The molecule has 0 aliphatic carbocycles. The number of hydrogen-bond donors (Lipinski definition) is 1. The van der Waals surface area contributed by atoms with Crippen LogP contribution in [0.15, 0.2) is 59.1 Å². The third-order valence-electron chi connectivity index (χ3n) is 4.68. The number of carbonyl (C=O) groups excluding carboxylic acids is 2. The van der Waals surface area contributed by atoms with Crippen molar-refractivity contribution in [3.05, 3.63) is 71.6 Å². The van der Waals surface area contributed by atoms with Crippen LogP contribution in [0, 0.1) is 0 Å². The van der Waals surface area contributed by atoms with E-state index in [1.54, 1.807) is 26.3 Å². The number of furan rings is 1. The van der Waals surface area contributed by atoms with Crippen molar-refractivity contribution in [1.82, 2.24) is 4.98 Å². The molecule has 0 radical (unpaired) electrons. The number of hydrogen-bond acceptors (Lipinski definition) is 5. The number of esters is 1. The van der Waals surface area contributed by atoms with E-state index >= 15 is 0 Å². The Labute approximate surface area is 161 Å². The molecule has 1 unspecified atom stereocenters. The predicted octanol–water partition coefficient (Wildman–Crippen LogP) is 4.49. The van der Waals surface area contributed by atoms with E-state index in [2.05, 4.69) is 4.98 Å². The van der Waals surface area contributed by atoms with Crippen LogP contribution in [0.2, 0.25) is 0 Å². The molecule has 0 aliphatic heterocycles. The summed E-state index contributed by atoms with van der Waals surface area (Å²) >= 11 is 0. The van der Waals surface area contributed by atoms with Gasteiger partial charge in [0.1, 0.15) is 5.58 Å². The number of H-pyrrole nitrogens is 1. The van der Waals surface area contributed by atoms with Gasteiger partial charge in [0, 0.05) is 40.7 Å². The maximum Gasteiger partial charge on any atom is 0.375 e. The molecule has 0 bridgehead atoms. The van der Waals surface area contributed by atoms with Gasteiger partial charge in [0.25, 0.3) is 0 Å². The Kier molecular flexibility index (Phi) is 4.71. The third-order valence-corrected chi connectivity index (χ3v) is 4.68. The molecule has 1 atom stereocenters. The van der Waals surface area contributed by atoms with E-state index in [0.29, 0.717) is 16.7 Å². The number of aromatic amines is 1. The first-order valence-corrected chi connectivity index (χ1v) is 8.90. The molecule has 0 amide bonds. The maximum atomic E-state index is 12.8. The zero-order valence-electron chi connectivity index (χ0n) is 15.5. The summed E-state index contributed by atoms with van der Waals surface area (Å²) in [7, 11) is 1.54. The van der Waals surface area contributed by atoms with Crippen LogP contribution in [0.25, 0.3) is 21.9 Å². The van der Waals surface area contributed by atoms with E-state index in [-0.39, 0.29) is 18.2 Å². The van der Waals surface area contributed by atoms with Crippen LogP contribution in [0.3, 0.4) is 0 Å². The number of methoxy groups -OCH3 is 1. The lowest BCUT2D eigenvalue weighted by atomic mass is 10.1. The molecule has 6 nitrogen and oxygen atoms in total. The number of Topliss-reactive ketones (excluding diaryl/α,β-unsaturated/α-hetero) is 1. The second kappa shape index (κ2) is 7.32. The smallest absolute Gasteiger partial charge is 0.375 e. The Hall–Kier alpha value is -3.38. The summed E-state index contributed by atoms with van der Waals surface area (Å²) < 4.78 is 16.3. The van der Waals surface area contributed by atoms with Crippen LogP contribution in [0.4, 0.5) is 0 Å². The van der Waals surface area contributed by atoms with E-state index in [0.717, 1.165) is 16.3 Å². The molecule has 2 aromatic heterocycles. The van der Waals surface area contributed by atoms with Gasteiger partial charge in [-0.1, -0.05) is 36.4 Å². The molecular weight excluding hydrogens is 358 g/mol. The Morgan fingerprint density at radius 1 is 1.07 bits per heavy atom. The predicted molar refractivity (Wildman–Crippen MR) is 104 cm³/mol. The highest BCUT2D eigenvalue weighted by Crippen LogP contribution is 2.28. The van der Waals surface area contributed by atoms with Crippen LogP contribution in [-0.4, -0.2) is 30.0 Å². The average Bonchev–Trinajstić information content (AvgIpc) is 3.30. The molecule has 1 N–H and O–H groups in total. The molecule has 0 saturated heterocycles. The zero-order valence-corrected chi connectivity index (χ0v) is 15.5. The first kappa shape index (κ1) is 18.0. The Bertz CT molecular complexity index is 1170. The van der Waals surface area contributed by atoms with Gasteiger partial charge in [0.2, 0.25) is 11.5 Å². The largest absolute Gasteiger partial charge is 0.449 e. The lowest BCUT2D eigenvalue weighted by Crippen LogP contribution is -2.24. The molecule has 0 spiro atoms. The van der Waals surface area contributed by atoms with Gasteiger partial charge in [-0.25, -0.2) is 4.79 Å². The number of benzene rings is 2. The van der Waals surface area contributed by atoms with Crippen LogP contribution >= 0.6 is 0 Å². The van der Waals surface area contributed by atoms with Gasteiger partial charge < -0.3 is 18.9 Å². The second-order valence-corrected chi connectivity index (χ2v) is 6.50. The average molecular weight is 377 g/mol. The molecule has 142 valence electrons. The fourth-order valence-corrected chi connectivity index (χ4v) is 3.31. The lowest BCUT2D eigenvalue weighted by molar-refractivity contribution is 0.0287. The van der Waals surface area contributed by atoms with Gasteiger partial charge in [0.05, 0.1) is 6.61 Å². The van der Waals surface area contributed by atoms with Gasteiger partial charge in [-0.05, 0) is 19.1 Å². The molecule has 0 aliphatic rings. The molecule has 4 rings (SSSR count). The quantitative estimate of drug-likeness (QED) is 0.395. The van der Waals surface area contributed by atoms with E-state index < -0.39 is 12.1 Å². The third kappa shape index (κ3) is 3.08. The molecule has 2 aromatic carbocycles. The van der Waals surface area contributed by atoms with E-state index in [9.17, 15) is 9.59 Å². The van der Waals surface area contributed by atoms with Gasteiger partial charge >= 0.3 is 5.97 Å². The second-order valence-electron chi connectivity index (χ2n) is 6.50. The maximum absolute atomic E-state index is 12.8. The minimum Gasteiger partial charge on any atom is -0.449 e. The fourth-order valence-electron chi connectivity index (χ4n) is 3.31. The summed E-state index contributed by atoms with van der Waals surface area (Å²) in [6.07, 6.45) is 0.671. The van der Waals surface area contributed by atoms with Crippen molar-refractivity contribution in [3.63, 3.8) is 0 Å². The number of rotatable bonds is 6. The van der Waals surface area contributed by atoms with Crippen LogP contribution in [0.5, 0.6) is 0 Å². The Morgan fingerprint density at radius 3 is 2.57 bits per heavy atom. The van der Waals surface area contributed by atoms with Crippen LogP contribution in [0.1, 0.15) is 33.4 Å². The van der Waals surface area contributed by atoms with Crippen LogP contribution in [-0.2, 0) is 16.1 Å². The highest BCUT2D eigenvalue weighted by molar-refractivity contribution is 6.10. The van der Waals surface area contributed by atoms with Crippen molar-refractivity contribution < 1.29 is 23.5 Å². The molecule has 28 heavy (non-hydrogen) atoms. The monoisotopic (exact) mass is 377 g/mol. The summed E-state index contributed by atoms with van der Waals surface area (Å²) in [5.41, 5.74) is 2.51. The molecule has 0 fully saturated rings. The number of para-hydroxylation sites is 2. The summed E-state index contributed by atoms with van der Waals surface area (Å²) in [6, 6.07) is 14.8. The standard InChI is InChI=1S/C22H19NO5/c1-13(20(24)16-11-23-18-9-5-3-7-14(16)18)27-22(25)21-17(12-26-2)15-8-4-6-10-19(15)28-21/h3-11,13,23H,12H2,1-2H3. The number of carbonyl (C=O) groups is 2. The highest BCUT2D eigenvalue weighted by Gasteiger charge is 2.27. The van der Waals surface area contributed by atoms with Crippen molar-refractivity contribution in [1.29, 1.82) is 0 Å². The van der Waals surface area contributed by atoms with Gasteiger partial charge in [-0.2, -0.15) is 0 Å². The molecular formula is C22H19NO5. The molecule has 6 heteroatoms. The van der Waals surface area contributed by atoms with Gasteiger partial charge in [-0.15, -0.1) is 0 Å². The SMILES string of the molecule is COCc1c(C(=O)OC(C)C(=O)c2c[nH]c3ccccc23)oc2ccccc12. The topological polar surface area (TPSA) is 81.5 Å². The molecule has 4 aromatic rings. The van der Waals surface area contributed by atoms with Crippen molar-refractivity contribution in [2.45, 2.75) is 19.6 Å². The van der Waals surface area contributed by atoms with Crippen molar-refractivity contribution in [2.75, 3.05) is 7.11 Å². The van der Waals surface area contributed by atoms with Gasteiger partial charge in [-0.3, -0.25) is 4.79 Å². The summed E-state index contributed by atoms with van der Waals surface area (Å²) in [4.78, 5) is 28.6. The van der Waals surface area contributed by atoms with E-state index in [4.69, 9.17) is 13.9 Å².